The molecule has 1 unspecified atom stereocenters. The SMILES string of the molecule is COc1ccc(Br)cc1S(=O)(=O)NC(C)CCN(C)C. The molecule has 20 heavy (non-hydrogen) atoms. The van der Waals surface area contributed by atoms with Crippen LogP contribution >= 0.6 is 15.9 Å². The van der Waals surface area contributed by atoms with Crippen LogP contribution < -0.4 is 9.46 Å². The summed E-state index contributed by atoms with van der Waals surface area (Å²) in [7, 11) is 1.77. The van der Waals surface area contributed by atoms with Crippen molar-refractivity contribution < 1.29 is 13.2 Å². The zero-order valence-corrected chi connectivity index (χ0v) is 14.6. The maximum Gasteiger partial charge on any atom is 0.244 e. The molecule has 1 atom stereocenters. The number of sulfonamides is 1. The molecule has 0 amide bonds. The normalized spacial score (nSPS) is 13.5. The van der Waals surface area contributed by atoms with Gasteiger partial charge in [0.2, 0.25) is 10.0 Å². The summed E-state index contributed by atoms with van der Waals surface area (Å²) in [6.07, 6.45) is 0.739. The lowest BCUT2D eigenvalue weighted by Gasteiger charge is -2.18. The highest BCUT2D eigenvalue weighted by molar-refractivity contribution is 9.10. The summed E-state index contributed by atoms with van der Waals surface area (Å²) >= 11 is 3.28. The molecule has 0 aromatic heterocycles. The van der Waals surface area contributed by atoms with Crippen LogP contribution in [-0.2, 0) is 10.0 Å². The van der Waals surface area contributed by atoms with E-state index in [2.05, 4.69) is 20.7 Å². The van der Waals surface area contributed by atoms with Crippen molar-refractivity contribution in [2.24, 2.45) is 0 Å². The van der Waals surface area contributed by atoms with E-state index in [1.54, 1.807) is 18.2 Å². The van der Waals surface area contributed by atoms with Crippen LogP contribution in [0.15, 0.2) is 27.6 Å². The Bertz CT molecular complexity index is 547. The predicted octanol–water partition coefficient (Wildman–Crippen LogP) is 2.08. The largest absolute Gasteiger partial charge is 0.495 e. The maximum absolute atomic E-state index is 12.4. The van der Waals surface area contributed by atoms with Crippen molar-refractivity contribution in [1.29, 1.82) is 0 Å². The molecule has 0 heterocycles. The van der Waals surface area contributed by atoms with Crippen LogP contribution in [-0.4, -0.2) is 47.1 Å². The van der Waals surface area contributed by atoms with Crippen molar-refractivity contribution in [3.8, 4) is 5.75 Å². The minimum Gasteiger partial charge on any atom is -0.495 e. The third-order valence-corrected chi connectivity index (χ3v) is 4.88. The molecule has 0 aliphatic heterocycles. The zero-order valence-electron chi connectivity index (χ0n) is 12.2. The molecule has 0 saturated carbocycles. The van der Waals surface area contributed by atoms with E-state index in [9.17, 15) is 8.42 Å². The van der Waals surface area contributed by atoms with Gasteiger partial charge in [-0.3, -0.25) is 0 Å². The van der Waals surface area contributed by atoms with E-state index in [4.69, 9.17) is 4.74 Å². The van der Waals surface area contributed by atoms with Crippen molar-refractivity contribution >= 4 is 26.0 Å². The number of benzene rings is 1. The van der Waals surface area contributed by atoms with E-state index in [0.717, 1.165) is 13.0 Å². The average molecular weight is 365 g/mol. The van der Waals surface area contributed by atoms with E-state index >= 15 is 0 Å². The molecule has 5 nitrogen and oxygen atoms in total. The summed E-state index contributed by atoms with van der Waals surface area (Å²) in [5, 5.41) is 0. The smallest absolute Gasteiger partial charge is 0.244 e. The van der Waals surface area contributed by atoms with Crippen LogP contribution in [0.5, 0.6) is 5.75 Å². The number of nitrogens with zero attached hydrogens (tertiary/aromatic N) is 1. The molecule has 0 saturated heterocycles. The Kier molecular flexibility index (Phi) is 6.44. The van der Waals surface area contributed by atoms with Gasteiger partial charge in [-0.1, -0.05) is 15.9 Å². The monoisotopic (exact) mass is 364 g/mol. The number of hydrogen-bond donors (Lipinski definition) is 1. The van der Waals surface area contributed by atoms with Gasteiger partial charge in [0.15, 0.2) is 0 Å². The van der Waals surface area contributed by atoms with E-state index in [-0.39, 0.29) is 10.9 Å². The second-order valence-corrected chi connectivity index (χ2v) is 7.51. The van der Waals surface area contributed by atoms with Crippen molar-refractivity contribution in [2.75, 3.05) is 27.7 Å². The number of methoxy groups -OCH3 is 1. The van der Waals surface area contributed by atoms with Crippen LogP contribution in [0.4, 0.5) is 0 Å². The molecule has 0 spiro atoms. The fourth-order valence-electron chi connectivity index (χ4n) is 1.70. The van der Waals surface area contributed by atoms with Crippen molar-refractivity contribution in [2.45, 2.75) is 24.3 Å². The Morgan fingerprint density at radius 3 is 2.60 bits per heavy atom. The van der Waals surface area contributed by atoms with E-state index in [1.807, 2.05) is 25.9 Å². The van der Waals surface area contributed by atoms with Gasteiger partial charge in [0, 0.05) is 10.5 Å². The van der Waals surface area contributed by atoms with E-state index < -0.39 is 10.0 Å². The topological polar surface area (TPSA) is 58.6 Å². The van der Waals surface area contributed by atoms with Crippen LogP contribution in [0.2, 0.25) is 0 Å². The molecular formula is C13H21BrN2O3S. The van der Waals surface area contributed by atoms with E-state index in [0.29, 0.717) is 10.2 Å². The standard InChI is InChI=1S/C13H21BrN2O3S/c1-10(7-8-16(2)3)15-20(17,18)13-9-11(14)5-6-12(13)19-4/h5-6,9-10,15H,7-8H2,1-4H3. The minimum atomic E-state index is -3.60. The number of nitrogens with one attached hydrogen (secondary N) is 1. The third-order valence-electron chi connectivity index (χ3n) is 2.78. The molecule has 114 valence electrons. The summed E-state index contributed by atoms with van der Waals surface area (Å²) in [6, 6.07) is 4.77. The summed E-state index contributed by atoms with van der Waals surface area (Å²) in [4.78, 5) is 2.16. The first-order valence-electron chi connectivity index (χ1n) is 6.27. The molecule has 0 radical (unpaired) electrons. The first-order chi connectivity index (χ1) is 9.26. The lowest BCUT2D eigenvalue weighted by Crippen LogP contribution is -2.35. The molecular weight excluding hydrogens is 344 g/mol. The fraction of sp³-hybridized carbons (Fsp3) is 0.538. The highest BCUT2D eigenvalue weighted by atomic mass is 79.9. The molecule has 0 fully saturated rings. The van der Waals surface area contributed by atoms with Gasteiger partial charge in [0.05, 0.1) is 7.11 Å². The Balaban J connectivity index is 2.91. The minimum absolute atomic E-state index is 0.145. The van der Waals surface area contributed by atoms with Gasteiger partial charge < -0.3 is 9.64 Å². The second-order valence-electron chi connectivity index (χ2n) is 4.91. The Morgan fingerprint density at radius 2 is 2.05 bits per heavy atom. The van der Waals surface area contributed by atoms with Crippen molar-refractivity contribution in [1.82, 2.24) is 9.62 Å². The zero-order chi connectivity index (χ0) is 15.3. The van der Waals surface area contributed by atoms with Gasteiger partial charge in [-0.25, -0.2) is 13.1 Å². The maximum atomic E-state index is 12.4. The quantitative estimate of drug-likeness (QED) is 0.804. The number of halogens is 1. The van der Waals surface area contributed by atoms with Gasteiger partial charge in [-0.05, 0) is 52.2 Å². The van der Waals surface area contributed by atoms with Gasteiger partial charge in [0.1, 0.15) is 10.6 Å². The first-order valence-corrected chi connectivity index (χ1v) is 8.54. The molecule has 1 aromatic rings. The fourth-order valence-corrected chi connectivity index (χ4v) is 3.69. The van der Waals surface area contributed by atoms with Gasteiger partial charge in [0.25, 0.3) is 0 Å². The molecule has 1 rings (SSSR count). The summed E-state index contributed by atoms with van der Waals surface area (Å²) in [5.74, 6) is 0.334. The third kappa shape index (κ3) is 5.05. The highest BCUT2D eigenvalue weighted by Crippen LogP contribution is 2.27. The van der Waals surface area contributed by atoms with Gasteiger partial charge in [-0.2, -0.15) is 0 Å². The van der Waals surface area contributed by atoms with Crippen LogP contribution in [0.1, 0.15) is 13.3 Å². The highest BCUT2D eigenvalue weighted by Gasteiger charge is 2.22. The number of ether oxygens (including phenoxy) is 1. The van der Waals surface area contributed by atoms with Crippen LogP contribution in [0.3, 0.4) is 0 Å². The van der Waals surface area contributed by atoms with Gasteiger partial charge >= 0.3 is 0 Å². The number of hydrogen-bond acceptors (Lipinski definition) is 4. The lowest BCUT2D eigenvalue weighted by atomic mass is 10.2. The molecule has 1 N–H and O–H groups in total. The molecule has 0 bridgehead atoms. The lowest BCUT2D eigenvalue weighted by molar-refractivity contribution is 0.378. The molecule has 0 aliphatic rings. The van der Waals surface area contributed by atoms with Gasteiger partial charge in [-0.15, -0.1) is 0 Å². The summed E-state index contributed by atoms with van der Waals surface area (Å²) in [5.41, 5.74) is 0. The predicted molar refractivity (Wildman–Crippen MR) is 83.6 cm³/mol. The van der Waals surface area contributed by atoms with Crippen LogP contribution in [0, 0.1) is 0 Å². The molecule has 7 heteroatoms. The number of rotatable bonds is 7. The van der Waals surface area contributed by atoms with Crippen molar-refractivity contribution in [3.63, 3.8) is 0 Å². The second kappa shape index (κ2) is 7.40. The summed E-state index contributed by atoms with van der Waals surface area (Å²) < 4.78 is 33.3. The molecule has 1 aromatic carbocycles. The Labute approximate surface area is 129 Å². The average Bonchev–Trinajstić information content (AvgIpc) is 2.36. The summed E-state index contributed by atoms with van der Waals surface area (Å²) in [6.45, 7) is 2.67. The van der Waals surface area contributed by atoms with E-state index in [1.165, 1.54) is 7.11 Å². The van der Waals surface area contributed by atoms with Crippen molar-refractivity contribution in [3.05, 3.63) is 22.7 Å². The van der Waals surface area contributed by atoms with Crippen LogP contribution in [0.25, 0.3) is 0 Å². The Morgan fingerprint density at radius 1 is 1.40 bits per heavy atom. The first kappa shape index (κ1) is 17.4. The molecule has 0 aliphatic carbocycles. The Hall–Kier alpha value is -0.630.